The van der Waals surface area contributed by atoms with Crippen molar-refractivity contribution < 1.29 is 9.47 Å². The van der Waals surface area contributed by atoms with Crippen molar-refractivity contribution in [3.05, 3.63) is 118 Å². The summed E-state index contributed by atoms with van der Waals surface area (Å²) in [5, 5.41) is 8.98. The maximum atomic E-state index is 5.64. The Morgan fingerprint density at radius 1 is 0.622 bits per heavy atom. The zero-order valence-corrected chi connectivity index (χ0v) is 22.3. The Morgan fingerprint density at radius 2 is 1.16 bits per heavy atom. The highest BCUT2D eigenvalue weighted by Gasteiger charge is 2.08. The molecule has 0 unspecified atom stereocenters. The van der Waals surface area contributed by atoms with Gasteiger partial charge < -0.3 is 9.47 Å². The highest BCUT2D eigenvalue weighted by Crippen LogP contribution is 2.34. The summed E-state index contributed by atoms with van der Waals surface area (Å²) in [5.74, 6) is 1.44. The van der Waals surface area contributed by atoms with E-state index in [4.69, 9.17) is 9.47 Å². The van der Waals surface area contributed by atoms with Crippen LogP contribution in [0.5, 0.6) is 11.5 Å². The SMILES string of the molecule is COc1cc(CCC2=CCC=C(C)C=C2)ccc1N=Nc1ccc(CCc2ccc(C)cc2)cc1OC. The van der Waals surface area contributed by atoms with Gasteiger partial charge in [-0.05, 0) is 86.9 Å². The zero-order valence-electron chi connectivity index (χ0n) is 22.3. The van der Waals surface area contributed by atoms with Gasteiger partial charge in [0.2, 0.25) is 0 Å². The largest absolute Gasteiger partial charge is 0.494 e. The van der Waals surface area contributed by atoms with Crippen molar-refractivity contribution in [3.8, 4) is 11.5 Å². The Balaban J connectivity index is 1.41. The first-order valence-corrected chi connectivity index (χ1v) is 12.9. The molecule has 0 atom stereocenters. The predicted octanol–water partition coefficient (Wildman–Crippen LogP) is 8.98. The van der Waals surface area contributed by atoms with Crippen molar-refractivity contribution in [3.63, 3.8) is 0 Å². The number of benzene rings is 3. The number of azo groups is 1. The van der Waals surface area contributed by atoms with Gasteiger partial charge in [-0.15, -0.1) is 10.2 Å². The number of nitrogens with zero attached hydrogens (tertiary/aromatic N) is 2. The average molecular weight is 493 g/mol. The normalized spacial score (nSPS) is 13.3. The van der Waals surface area contributed by atoms with Crippen molar-refractivity contribution in [2.45, 2.75) is 46.0 Å². The zero-order chi connectivity index (χ0) is 26.0. The van der Waals surface area contributed by atoms with E-state index in [0.717, 1.165) is 43.6 Å². The summed E-state index contributed by atoms with van der Waals surface area (Å²) in [6.45, 7) is 4.25. The summed E-state index contributed by atoms with van der Waals surface area (Å²) in [6, 6.07) is 21.0. The second kappa shape index (κ2) is 12.9. The molecule has 0 N–H and O–H groups in total. The van der Waals surface area contributed by atoms with Gasteiger partial charge in [0, 0.05) is 0 Å². The summed E-state index contributed by atoms with van der Waals surface area (Å²) in [4.78, 5) is 0. The van der Waals surface area contributed by atoms with Crippen LogP contribution in [0.3, 0.4) is 0 Å². The number of hydrogen-bond acceptors (Lipinski definition) is 4. The van der Waals surface area contributed by atoms with Crippen molar-refractivity contribution in [2.24, 2.45) is 10.2 Å². The third kappa shape index (κ3) is 7.53. The fourth-order valence-corrected chi connectivity index (χ4v) is 4.32. The molecule has 0 aromatic heterocycles. The van der Waals surface area contributed by atoms with Crippen LogP contribution in [0.25, 0.3) is 0 Å². The van der Waals surface area contributed by atoms with Gasteiger partial charge in [-0.2, -0.15) is 0 Å². The lowest BCUT2D eigenvalue weighted by Crippen LogP contribution is -1.93. The smallest absolute Gasteiger partial charge is 0.146 e. The van der Waals surface area contributed by atoms with Gasteiger partial charge in [-0.1, -0.05) is 77.4 Å². The minimum absolute atomic E-state index is 0.698. The second-order valence-corrected chi connectivity index (χ2v) is 9.49. The highest BCUT2D eigenvalue weighted by molar-refractivity contribution is 5.56. The molecule has 37 heavy (non-hydrogen) atoms. The molecular formula is C33H36N2O2. The average Bonchev–Trinajstić information content (AvgIpc) is 3.14. The molecule has 4 rings (SSSR count). The van der Waals surface area contributed by atoms with Gasteiger partial charge in [-0.3, -0.25) is 0 Å². The topological polar surface area (TPSA) is 43.2 Å². The lowest BCUT2D eigenvalue weighted by Gasteiger charge is -2.09. The summed E-state index contributed by atoms with van der Waals surface area (Å²) in [7, 11) is 3.34. The number of allylic oxidation sites excluding steroid dienone is 6. The molecule has 3 aromatic carbocycles. The minimum Gasteiger partial charge on any atom is -0.494 e. The molecule has 0 aliphatic heterocycles. The van der Waals surface area contributed by atoms with Gasteiger partial charge in [0.25, 0.3) is 0 Å². The first kappa shape index (κ1) is 26.2. The summed E-state index contributed by atoms with van der Waals surface area (Å²) in [6.07, 6.45) is 13.8. The molecule has 190 valence electrons. The molecule has 0 fully saturated rings. The third-order valence-electron chi connectivity index (χ3n) is 6.66. The van der Waals surface area contributed by atoms with Crippen LogP contribution in [0.15, 0.2) is 106 Å². The van der Waals surface area contributed by atoms with Crippen LogP contribution in [-0.4, -0.2) is 14.2 Å². The molecule has 4 heteroatoms. The van der Waals surface area contributed by atoms with E-state index in [1.807, 2.05) is 12.1 Å². The van der Waals surface area contributed by atoms with Crippen LogP contribution in [0, 0.1) is 6.92 Å². The molecule has 0 saturated heterocycles. The molecule has 0 spiro atoms. The van der Waals surface area contributed by atoms with Crippen molar-refractivity contribution in [1.29, 1.82) is 0 Å². The molecule has 1 aliphatic carbocycles. The van der Waals surface area contributed by atoms with Crippen LogP contribution < -0.4 is 9.47 Å². The van der Waals surface area contributed by atoms with Crippen LogP contribution in [0.2, 0.25) is 0 Å². The summed E-state index contributed by atoms with van der Waals surface area (Å²) >= 11 is 0. The van der Waals surface area contributed by atoms with E-state index in [0.29, 0.717) is 11.4 Å². The van der Waals surface area contributed by atoms with Gasteiger partial charge in [0.1, 0.15) is 22.9 Å². The first-order chi connectivity index (χ1) is 18.0. The molecule has 1 aliphatic rings. The molecule has 0 amide bonds. The lowest BCUT2D eigenvalue weighted by molar-refractivity contribution is 0.413. The van der Waals surface area contributed by atoms with Gasteiger partial charge in [-0.25, -0.2) is 0 Å². The molecule has 0 heterocycles. The van der Waals surface area contributed by atoms with Crippen LogP contribution >= 0.6 is 0 Å². The van der Waals surface area contributed by atoms with E-state index in [9.17, 15) is 0 Å². The van der Waals surface area contributed by atoms with Gasteiger partial charge in [0.05, 0.1) is 14.2 Å². The van der Waals surface area contributed by atoms with Gasteiger partial charge in [0.15, 0.2) is 0 Å². The maximum Gasteiger partial charge on any atom is 0.146 e. The summed E-state index contributed by atoms with van der Waals surface area (Å²) in [5.41, 5.74) is 9.12. The fourth-order valence-electron chi connectivity index (χ4n) is 4.32. The lowest BCUT2D eigenvalue weighted by atomic mass is 10.0. The third-order valence-corrected chi connectivity index (χ3v) is 6.66. The van der Waals surface area contributed by atoms with E-state index in [2.05, 4.69) is 96.9 Å². The van der Waals surface area contributed by atoms with Crippen molar-refractivity contribution in [2.75, 3.05) is 14.2 Å². The van der Waals surface area contributed by atoms with E-state index in [1.165, 1.54) is 33.4 Å². The first-order valence-electron chi connectivity index (χ1n) is 12.9. The quantitative estimate of drug-likeness (QED) is 0.265. The molecule has 0 bridgehead atoms. The molecule has 0 saturated carbocycles. The van der Waals surface area contributed by atoms with E-state index in [1.54, 1.807) is 14.2 Å². The Hall–Kier alpha value is -3.92. The molecule has 3 aromatic rings. The standard InChI is InChI=1S/C33H36N2O2/c1-24-6-5-7-26(11-8-24)14-16-28-18-20-30(32(22-28)36-3)34-35-31-21-19-29(23-33(31)37-4)17-15-27-12-9-25(2)10-13-27/h6-13,18-23H,5,14-17H2,1-4H3. The number of aryl methyl sites for hydroxylation is 4. The number of rotatable bonds is 10. The van der Waals surface area contributed by atoms with Crippen molar-refractivity contribution in [1.82, 2.24) is 0 Å². The van der Waals surface area contributed by atoms with Crippen LogP contribution in [-0.2, 0) is 19.3 Å². The molecular weight excluding hydrogens is 456 g/mol. The number of methoxy groups -OCH3 is 2. The van der Waals surface area contributed by atoms with Crippen LogP contribution in [0.4, 0.5) is 11.4 Å². The van der Waals surface area contributed by atoms with E-state index < -0.39 is 0 Å². The van der Waals surface area contributed by atoms with E-state index in [-0.39, 0.29) is 0 Å². The Kier molecular flexibility index (Phi) is 9.09. The minimum atomic E-state index is 0.698. The Labute approximate surface area is 221 Å². The monoisotopic (exact) mass is 492 g/mol. The summed E-state index contributed by atoms with van der Waals surface area (Å²) < 4.78 is 11.3. The van der Waals surface area contributed by atoms with Crippen LogP contribution in [0.1, 0.15) is 42.0 Å². The maximum absolute atomic E-state index is 5.64. The van der Waals surface area contributed by atoms with E-state index >= 15 is 0 Å². The molecule has 4 nitrogen and oxygen atoms in total. The number of hydrogen-bond donors (Lipinski definition) is 0. The highest BCUT2D eigenvalue weighted by atomic mass is 16.5. The van der Waals surface area contributed by atoms with Gasteiger partial charge >= 0.3 is 0 Å². The Morgan fingerprint density at radius 3 is 1.76 bits per heavy atom. The van der Waals surface area contributed by atoms with Crippen molar-refractivity contribution >= 4 is 11.4 Å². The second-order valence-electron chi connectivity index (χ2n) is 9.49. The fraction of sp³-hybridized carbons (Fsp3) is 0.273. The molecule has 0 radical (unpaired) electrons. The number of ether oxygens (including phenoxy) is 2. The Bertz CT molecular complexity index is 1330. The predicted molar refractivity (Wildman–Crippen MR) is 153 cm³/mol.